The maximum Gasteiger partial charge on any atom is 0.247 e. The molecule has 3 atom stereocenters. The smallest absolute Gasteiger partial charge is 0.247 e. The third kappa shape index (κ3) is 5.13. The lowest BCUT2D eigenvalue weighted by molar-refractivity contribution is -0.131. The Bertz CT molecular complexity index is 858. The van der Waals surface area contributed by atoms with Crippen molar-refractivity contribution in [2.24, 2.45) is 11.8 Å². The summed E-state index contributed by atoms with van der Waals surface area (Å²) in [5.74, 6) is 0.674. The van der Waals surface area contributed by atoms with E-state index in [0.29, 0.717) is 23.4 Å². The minimum absolute atomic E-state index is 0.0739. The standard InChI is InChI=1S/C20H29BrN2O5S/c1-13-10-23(14(2)12-24)29(26,27)19-7-6-16(21)9-17(19)28-18(13)11-22(3)20(25)8-15-4-5-15/h6-7,9,13-15,18,24H,4-5,8,10-12H2,1-3H3/t13-,14-,18-/m0/s1. The molecular weight excluding hydrogens is 460 g/mol. The fourth-order valence-electron chi connectivity index (χ4n) is 3.51. The first kappa shape index (κ1) is 22.5. The highest BCUT2D eigenvalue weighted by molar-refractivity contribution is 9.10. The van der Waals surface area contributed by atoms with E-state index >= 15 is 0 Å². The molecule has 1 fully saturated rings. The van der Waals surface area contributed by atoms with Gasteiger partial charge in [-0.25, -0.2) is 8.42 Å². The Labute approximate surface area is 181 Å². The lowest BCUT2D eigenvalue weighted by Crippen LogP contribution is -2.50. The van der Waals surface area contributed by atoms with Crippen molar-refractivity contribution in [1.29, 1.82) is 0 Å². The third-order valence-electron chi connectivity index (χ3n) is 5.67. The molecule has 0 aromatic heterocycles. The zero-order valence-corrected chi connectivity index (χ0v) is 19.4. The zero-order chi connectivity index (χ0) is 21.3. The minimum Gasteiger partial charge on any atom is -0.487 e. The number of carbonyl (C=O) groups excluding carboxylic acids is 1. The lowest BCUT2D eigenvalue weighted by Gasteiger charge is -2.37. The predicted molar refractivity (Wildman–Crippen MR) is 113 cm³/mol. The number of fused-ring (bicyclic) bond motifs is 1. The van der Waals surface area contributed by atoms with Crippen molar-refractivity contribution in [3.63, 3.8) is 0 Å². The number of aliphatic hydroxyl groups is 1. The van der Waals surface area contributed by atoms with Crippen LogP contribution in [0.1, 0.15) is 33.1 Å². The Kier molecular flexibility index (Phi) is 6.92. The lowest BCUT2D eigenvalue weighted by atomic mass is 10.0. The molecule has 0 radical (unpaired) electrons. The number of aliphatic hydroxyl groups excluding tert-OH is 1. The summed E-state index contributed by atoms with van der Waals surface area (Å²) >= 11 is 3.38. The van der Waals surface area contributed by atoms with Gasteiger partial charge in [0.25, 0.3) is 0 Å². The highest BCUT2D eigenvalue weighted by Crippen LogP contribution is 2.36. The molecule has 2 aliphatic rings. The number of ether oxygens (including phenoxy) is 1. The summed E-state index contributed by atoms with van der Waals surface area (Å²) < 4.78 is 34.7. The average molecular weight is 489 g/mol. The summed E-state index contributed by atoms with van der Waals surface area (Å²) in [7, 11) is -2.06. The summed E-state index contributed by atoms with van der Waals surface area (Å²) in [5.41, 5.74) is 0. The molecule has 1 amide bonds. The van der Waals surface area contributed by atoms with E-state index in [0.717, 1.165) is 12.8 Å². The molecule has 1 aromatic rings. The van der Waals surface area contributed by atoms with Crippen LogP contribution in [0.25, 0.3) is 0 Å². The highest BCUT2D eigenvalue weighted by atomic mass is 79.9. The monoisotopic (exact) mass is 488 g/mol. The van der Waals surface area contributed by atoms with Gasteiger partial charge >= 0.3 is 0 Å². The molecule has 1 N–H and O–H groups in total. The molecular formula is C20H29BrN2O5S. The summed E-state index contributed by atoms with van der Waals surface area (Å²) in [6.45, 7) is 3.91. The van der Waals surface area contributed by atoms with Gasteiger partial charge in [0.2, 0.25) is 15.9 Å². The minimum atomic E-state index is -3.83. The maximum absolute atomic E-state index is 13.3. The number of rotatable bonds is 6. The predicted octanol–water partition coefficient (Wildman–Crippen LogP) is 2.48. The third-order valence-corrected chi connectivity index (χ3v) is 8.18. The van der Waals surface area contributed by atoms with Gasteiger partial charge in [-0.15, -0.1) is 0 Å². The number of likely N-dealkylation sites (N-methyl/N-ethyl adjacent to an activating group) is 1. The Morgan fingerprint density at radius 2 is 2.10 bits per heavy atom. The van der Waals surface area contributed by atoms with E-state index < -0.39 is 16.1 Å². The van der Waals surface area contributed by atoms with E-state index in [1.54, 1.807) is 31.0 Å². The van der Waals surface area contributed by atoms with Gasteiger partial charge in [-0.05, 0) is 43.9 Å². The van der Waals surface area contributed by atoms with Crippen LogP contribution in [-0.2, 0) is 14.8 Å². The fourth-order valence-corrected chi connectivity index (χ4v) is 5.68. The van der Waals surface area contributed by atoms with Crippen LogP contribution in [0.4, 0.5) is 0 Å². The number of nitrogens with zero attached hydrogens (tertiary/aromatic N) is 2. The van der Waals surface area contributed by atoms with Gasteiger partial charge in [-0.3, -0.25) is 4.79 Å². The second-order valence-corrected chi connectivity index (χ2v) is 11.0. The molecule has 1 aliphatic carbocycles. The largest absolute Gasteiger partial charge is 0.487 e. The molecule has 0 unspecified atom stereocenters. The van der Waals surface area contributed by atoms with Gasteiger partial charge in [0.15, 0.2) is 0 Å². The number of amides is 1. The van der Waals surface area contributed by atoms with Crippen LogP contribution in [0.5, 0.6) is 5.75 Å². The van der Waals surface area contributed by atoms with Crippen LogP contribution in [0.3, 0.4) is 0 Å². The molecule has 9 heteroatoms. The van der Waals surface area contributed by atoms with E-state index in [-0.39, 0.29) is 41.7 Å². The first-order valence-corrected chi connectivity index (χ1v) is 12.2. The van der Waals surface area contributed by atoms with Crippen molar-refractivity contribution in [2.45, 2.75) is 50.2 Å². The zero-order valence-electron chi connectivity index (χ0n) is 17.0. The SMILES string of the molecule is C[C@H]1CN([C@@H](C)CO)S(=O)(=O)c2ccc(Br)cc2O[C@H]1CN(C)C(=O)CC1CC1. The van der Waals surface area contributed by atoms with Crippen LogP contribution in [-0.4, -0.2) is 67.5 Å². The Morgan fingerprint density at radius 1 is 1.41 bits per heavy atom. The van der Waals surface area contributed by atoms with E-state index in [9.17, 15) is 18.3 Å². The van der Waals surface area contributed by atoms with Gasteiger partial charge in [0, 0.05) is 36.4 Å². The van der Waals surface area contributed by atoms with Crippen LogP contribution in [0, 0.1) is 11.8 Å². The van der Waals surface area contributed by atoms with Gasteiger partial charge in [-0.1, -0.05) is 22.9 Å². The normalized spacial score (nSPS) is 25.3. The maximum atomic E-state index is 13.3. The van der Waals surface area contributed by atoms with Crippen molar-refractivity contribution in [3.8, 4) is 5.75 Å². The average Bonchev–Trinajstić information content (AvgIpc) is 3.47. The van der Waals surface area contributed by atoms with Crippen molar-refractivity contribution in [3.05, 3.63) is 22.7 Å². The first-order chi connectivity index (χ1) is 13.6. The number of halogens is 1. The Morgan fingerprint density at radius 3 is 2.72 bits per heavy atom. The molecule has 1 aromatic carbocycles. The molecule has 1 saturated carbocycles. The van der Waals surface area contributed by atoms with E-state index in [1.807, 2.05) is 6.92 Å². The van der Waals surface area contributed by atoms with Crippen LogP contribution < -0.4 is 4.74 Å². The fraction of sp³-hybridized carbons (Fsp3) is 0.650. The van der Waals surface area contributed by atoms with Gasteiger partial charge < -0.3 is 14.7 Å². The molecule has 0 spiro atoms. The van der Waals surface area contributed by atoms with Crippen molar-refractivity contribution in [2.75, 3.05) is 26.7 Å². The first-order valence-electron chi connectivity index (χ1n) is 9.96. The van der Waals surface area contributed by atoms with Gasteiger partial charge in [0.05, 0.1) is 13.2 Å². The van der Waals surface area contributed by atoms with Crippen LogP contribution in [0.15, 0.2) is 27.6 Å². The van der Waals surface area contributed by atoms with Gasteiger partial charge in [-0.2, -0.15) is 4.31 Å². The quantitative estimate of drug-likeness (QED) is 0.664. The number of hydrogen-bond acceptors (Lipinski definition) is 5. The van der Waals surface area contributed by atoms with E-state index in [4.69, 9.17) is 4.74 Å². The van der Waals surface area contributed by atoms with Crippen LogP contribution in [0.2, 0.25) is 0 Å². The van der Waals surface area contributed by atoms with Crippen LogP contribution >= 0.6 is 15.9 Å². The molecule has 29 heavy (non-hydrogen) atoms. The molecule has 0 bridgehead atoms. The number of benzene rings is 1. The summed E-state index contributed by atoms with van der Waals surface area (Å²) in [4.78, 5) is 14.2. The summed E-state index contributed by atoms with van der Waals surface area (Å²) in [6.07, 6.45) is 2.41. The molecule has 1 aliphatic heterocycles. The molecule has 162 valence electrons. The van der Waals surface area contributed by atoms with Gasteiger partial charge in [0.1, 0.15) is 16.7 Å². The topological polar surface area (TPSA) is 87.2 Å². The Hall–Kier alpha value is -1.16. The number of carbonyl (C=O) groups is 1. The van der Waals surface area contributed by atoms with Crippen molar-refractivity contribution < 1.29 is 23.1 Å². The molecule has 3 rings (SSSR count). The van der Waals surface area contributed by atoms with Crippen molar-refractivity contribution >= 4 is 31.9 Å². The number of hydrogen-bond donors (Lipinski definition) is 1. The second kappa shape index (κ2) is 8.91. The molecule has 7 nitrogen and oxygen atoms in total. The number of sulfonamides is 1. The van der Waals surface area contributed by atoms with E-state index in [2.05, 4.69) is 15.9 Å². The summed E-state index contributed by atoms with van der Waals surface area (Å²) in [6, 6.07) is 4.26. The highest BCUT2D eigenvalue weighted by Gasteiger charge is 2.38. The van der Waals surface area contributed by atoms with E-state index in [1.165, 1.54) is 10.4 Å². The van der Waals surface area contributed by atoms with Crippen molar-refractivity contribution in [1.82, 2.24) is 9.21 Å². The Balaban J connectivity index is 1.92. The second-order valence-electron chi connectivity index (χ2n) is 8.25. The molecule has 1 heterocycles. The molecule has 0 saturated heterocycles. The summed E-state index contributed by atoms with van der Waals surface area (Å²) in [5, 5.41) is 9.64.